The lowest BCUT2D eigenvalue weighted by atomic mass is 10.2. The first-order valence-electron chi connectivity index (χ1n) is 9.46. The van der Waals surface area contributed by atoms with E-state index in [0.717, 1.165) is 62.8 Å². The van der Waals surface area contributed by atoms with Gasteiger partial charge >= 0.3 is 0 Å². The molecule has 1 aliphatic carbocycles. The van der Waals surface area contributed by atoms with Gasteiger partial charge in [-0.1, -0.05) is 6.07 Å². The Bertz CT molecular complexity index is 516. The molecule has 0 radical (unpaired) electrons. The number of aliphatic imine (C=N–C) groups is 1. The van der Waals surface area contributed by atoms with Crippen LogP contribution in [-0.2, 0) is 11.3 Å². The summed E-state index contributed by atoms with van der Waals surface area (Å²) < 4.78 is 11.4. The van der Waals surface area contributed by atoms with Crippen molar-refractivity contribution < 1.29 is 9.47 Å². The molecule has 0 atom stereocenters. The molecule has 140 valence electrons. The van der Waals surface area contributed by atoms with E-state index in [1.807, 2.05) is 13.0 Å². The molecule has 0 saturated heterocycles. The smallest absolute Gasteiger partial charge is 0.218 e. The highest BCUT2D eigenvalue weighted by Gasteiger charge is 2.18. The Kier molecular flexibility index (Phi) is 9.12. The number of hydrogen-bond donors (Lipinski definition) is 2. The fourth-order valence-electron chi connectivity index (χ4n) is 2.91. The Morgan fingerprint density at radius 2 is 2.12 bits per heavy atom. The maximum atomic E-state index is 6.08. The van der Waals surface area contributed by atoms with Crippen LogP contribution in [0.1, 0.15) is 51.0 Å². The van der Waals surface area contributed by atoms with E-state index in [1.165, 1.54) is 12.8 Å². The Balaban J connectivity index is 1.75. The summed E-state index contributed by atoms with van der Waals surface area (Å²) in [5, 5.41) is 6.67. The van der Waals surface area contributed by atoms with Crippen LogP contribution in [0.3, 0.4) is 0 Å². The van der Waals surface area contributed by atoms with Crippen molar-refractivity contribution >= 4 is 5.96 Å². The first kappa shape index (κ1) is 19.5. The van der Waals surface area contributed by atoms with Crippen molar-refractivity contribution in [3.63, 3.8) is 0 Å². The molecule has 1 fully saturated rings. The van der Waals surface area contributed by atoms with Crippen molar-refractivity contribution in [3.05, 3.63) is 23.9 Å². The number of pyridine rings is 1. The predicted octanol–water partition coefficient (Wildman–Crippen LogP) is 2.88. The van der Waals surface area contributed by atoms with Crippen molar-refractivity contribution in [1.82, 2.24) is 15.6 Å². The summed E-state index contributed by atoms with van der Waals surface area (Å²) in [6.45, 7) is 5.15. The third-order valence-electron chi connectivity index (χ3n) is 4.31. The zero-order valence-electron chi connectivity index (χ0n) is 15.6. The van der Waals surface area contributed by atoms with Crippen LogP contribution in [0.2, 0.25) is 0 Å². The van der Waals surface area contributed by atoms with Crippen LogP contribution in [0.4, 0.5) is 0 Å². The molecule has 6 nitrogen and oxygen atoms in total. The van der Waals surface area contributed by atoms with E-state index in [4.69, 9.17) is 9.47 Å². The van der Waals surface area contributed by atoms with Crippen molar-refractivity contribution in [2.75, 3.05) is 26.8 Å². The van der Waals surface area contributed by atoms with E-state index in [1.54, 1.807) is 13.2 Å². The number of ether oxygens (including phenoxy) is 2. The lowest BCUT2D eigenvalue weighted by Gasteiger charge is -2.16. The minimum absolute atomic E-state index is 0.316. The highest BCUT2D eigenvalue weighted by Crippen LogP contribution is 2.24. The fourth-order valence-corrected chi connectivity index (χ4v) is 2.91. The van der Waals surface area contributed by atoms with Crippen LogP contribution in [0.15, 0.2) is 23.3 Å². The van der Waals surface area contributed by atoms with Crippen molar-refractivity contribution in [2.24, 2.45) is 4.99 Å². The van der Waals surface area contributed by atoms with Crippen molar-refractivity contribution in [3.8, 4) is 5.88 Å². The van der Waals surface area contributed by atoms with Gasteiger partial charge in [0, 0.05) is 45.1 Å². The van der Waals surface area contributed by atoms with E-state index in [2.05, 4.69) is 26.7 Å². The number of guanidine groups is 1. The second-order valence-corrected chi connectivity index (χ2v) is 6.25. The summed E-state index contributed by atoms with van der Waals surface area (Å²) in [5.74, 6) is 1.54. The van der Waals surface area contributed by atoms with Gasteiger partial charge in [-0.2, -0.15) is 0 Å². The first-order chi connectivity index (χ1) is 12.3. The number of nitrogens with one attached hydrogen (secondary N) is 2. The molecule has 0 spiro atoms. The highest BCUT2D eigenvalue weighted by atomic mass is 16.5. The SMILES string of the molecule is CCOCCCCNC(=NC)NCc1cccnc1OC1CCCC1. The summed E-state index contributed by atoms with van der Waals surface area (Å²) in [6, 6.07) is 4.00. The summed E-state index contributed by atoms with van der Waals surface area (Å²) in [7, 11) is 1.79. The van der Waals surface area contributed by atoms with Crippen LogP contribution in [0.25, 0.3) is 0 Å². The van der Waals surface area contributed by atoms with Gasteiger partial charge in [-0.25, -0.2) is 4.98 Å². The van der Waals surface area contributed by atoms with Crippen molar-refractivity contribution in [2.45, 2.75) is 58.1 Å². The molecule has 1 aromatic rings. The number of aromatic nitrogens is 1. The summed E-state index contributed by atoms with van der Waals surface area (Å²) in [4.78, 5) is 8.69. The molecule has 1 aromatic heterocycles. The molecule has 1 heterocycles. The van der Waals surface area contributed by atoms with Gasteiger partial charge in [0.25, 0.3) is 0 Å². The fraction of sp³-hybridized carbons (Fsp3) is 0.684. The lowest BCUT2D eigenvalue weighted by Crippen LogP contribution is -2.37. The van der Waals surface area contributed by atoms with E-state index in [9.17, 15) is 0 Å². The Morgan fingerprint density at radius 3 is 2.88 bits per heavy atom. The van der Waals surface area contributed by atoms with Gasteiger partial charge in [0.1, 0.15) is 6.10 Å². The van der Waals surface area contributed by atoms with E-state index >= 15 is 0 Å². The minimum Gasteiger partial charge on any atom is -0.474 e. The van der Waals surface area contributed by atoms with E-state index in [-0.39, 0.29) is 0 Å². The molecule has 2 rings (SSSR count). The standard InChI is InChI=1S/C19H32N4O2/c1-3-24-14-7-6-12-22-19(20-2)23-15-16-9-8-13-21-18(16)25-17-10-4-5-11-17/h8-9,13,17H,3-7,10-12,14-15H2,1-2H3,(H2,20,22,23). The molecule has 1 aliphatic rings. The molecule has 0 amide bonds. The number of hydrogen-bond acceptors (Lipinski definition) is 4. The number of nitrogens with zero attached hydrogens (tertiary/aromatic N) is 2. The van der Waals surface area contributed by atoms with Crippen LogP contribution < -0.4 is 15.4 Å². The van der Waals surface area contributed by atoms with E-state index < -0.39 is 0 Å². The van der Waals surface area contributed by atoms with Gasteiger partial charge in [-0.15, -0.1) is 0 Å². The molecule has 0 bridgehead atoms. The molecule has 0 aliphatic heterocycles. The summed E-state index contributed by atoms with van der Waals surface area (Å²) >= 11 is 0. The van der Waals surface area contributed by atoms with Crippen molar-refractivity contribution in [1.29, 1.82) is 0 Å². The van der Waals surface area contributed by atoms with E-state index in [0.29, 0.717) is 12.6 Å². The van der Waals surface area contributed by atoms with Crippen LogP contribution in [0.5, 0.6) is 5.88 Å². The van der Waals surface area contributed by atoms with Gasteiger partial charge in [-0.05, 0) is 51.5 Å². The van der Waals surface area contributed by atoms with Crippen LogP contribution in [-0.4, -0.2) is 43.9 Å². The quantitative estimate of drug-likeness (QED) is 0.387. The number of rotatable bonds is 10. The first-order valence-corrected chi connectivity index (χ1v) is 9.46. The molecular formula is C19H32N4O2. The molecule has 0 unspecified atom stereocenters. The van der Waals surface area contributed by atoms with Crippen LogP contribution in [0, 0.1) is 0 Å². The molecular weight excluding hydrogens is 316 g/mol. The normalized spacial score (nSPS) is 15.4. The average molecular weight is 348 g/mol. The summed E-state index contributed by atoms with van der Waals surface area (Å²) in [5.41, 5.74) is 1.06. The van der Waals surface area contributed by atoms with Gasteiger partial charge in [0.05, 0.1) is 0 Å². The Hall–Kier alpha value is -1.82. The minimum atomic E-state index is 0.316. The largest absolute Gasteiger partial charge is 0.474 e. The maximum Gasteiger partial charge on any atom is 0.218 e. The lowest BCUT2D eigenvalue weighted by molar-refractivity contribution is 0.143. The highest BCUT2D eigenvalue weighted by molar-refractivity contribution is 5.79. The average Bonchev–Trinajstić information content (AvgIpc) is 3.15. The third-order valence-corrected chi connectivity index (χ3v) is 4.31. The molecule has 0 aromatic carbocycles. The monoisotopic (exact) mass is 348 g/mol. The zero-order chi connectivity index (χ0) is 17.7. The second kappa shape index (κ2) is 11.7. The predicted molar refractivity (Wildman–Crippen MR) is 101 cm³/mol. The molecule has 2 N–H and O–H groups in total. The van der Waals surface area contributed by atoms with Gasteiger partial charge in [0.2, 0.25) is 5.88 Å². The molecule has 25 heavy (non-hydrogen) atoms. The van der Waals surface area contributed by atoms with Crippen LogP contribution >= 0.6 is 0 Å². The maximum absolute atomic E-state index is 6.08. The van der Waals surface area contributed by atoms with Gasteiger partial charge < -0.3 is 20.1 Å². The Morgan fingerprint density at radius 1 is 1.28 bits per heavy atom. The van der Waals surface area contributed by atoms with Gasteiger partial charge in [0.15, 0.2) is 5.96 Å². The second-order valence-electron chi connectivity index (χ2n) is 6.25. The number of unbranched alkanes of at least 4 members (excludes halogenated alkanes) is 1. The topological polar surface area (TPSA) is 67.8 Å². The Labute approximate surface area is 151 Å². The third kappa shape index (κ3) is 7.30. The molecule has 6 heteroatoms. The summed E-state index contributed by atoms with van der Waals surface area (Å²) in [6.07, 6.45) is 9.00. The van der Waals surface area contributed by atoms with Gasteiger partial charge in [-0.3, -0.25) is 4.99 Å². The molecule has 1 saturated carbocycles. The zero-order valence-corrected chi connectivity index (χ0v) is 15.6.